The molecule has 2 aromatic heterocycles. The predicted molar refractivity (Wildman–Crippen MR) is 87.0 cm³/mol. The zero-order valence-electron chi connectivity index (χ0n) is 11.3. The zero-order chi connectivity index (χ0) is 13.9. The molecule has 1 aliphatic rings. The number of hydrogen-bond donors (Lipinski definition) is 1. The Morgan fingerprint density at radius 2 is 1.95 bits per heavy atom. The molecule has 106 valence electrons. The summed E-state index contributed by atoms with van der Waals surface area (Å²) in [6, 6.07) is 6.04. The van der Waals surface area contributed by atoms with Crippen molar-refractivity contribution in [2.24, 2.45) is 0 Å². The summed E-state index contributed by atoms with van der Waals surface area (Å²) in [6.07, 6.45) is 3.89. The number of nitrogen functional groups attached to an aromatic ring is 1. The molecule has 0 aliphatic carbocycles. The molecule has 0 spiro atoms. The van der Waals surface area contributed by atoms with Gasteiger partial charge in [-0.05, 0) is 29.9 Å². The van der Waals surface area contributed by atoms with Crippen LogP contribution in [0.4, 0.5) is 16.6 Å². The summed E-state index contributed by atoms with van der Waals surface area (Å²) in [6.45, 7) is 3.91. The van der Waals surface area contributed by atoms with Crippen LogP contribution in [0.2, 0.25) is 0 Å². The maximum Gasteiger partial charge on any atom is 0.153 e. The number of aromatic nitrogens is 2. The molecular weight excluding hydrogens is 290 g/mol. The van der Waals surface area contributed by atoms with E-state index in [9.17, 15) is 0 Å². The Labute approximate surface area is 127 Å². The fourth-order valence-corrected chi connectivity index (χ4v) is 4.10. The smallest absolute Gasteiger partial charge is 0.153 e. The summed E-state index contributed by atoms with van der Waals surface area (Å²) in [5, 5.41) is 1.20. The van der Waals surface area contributed by atoms with Crippen LogP contribution in [0.3, 0.4) is 0 Å². The molecule has 0 aromatic carbocycles. The van der Waals surface area contributed by atoms with Gasteiger partial charge in [-0.1, -0.05) is 6.07 Å². The summed E-state index contributed by atoms with van der Waals surface area (Å²) in [7, 11) is 0. The van der Waals surface area contributed by atoms with Crippen molar-refractivity contribution in [1.29, 1.82) is 0 Å². The first-order valence-electron chi connectivity index (χ1n) is 6.49. The second kappa shape index (κ2) is 5.88. The molecule has 0 bridgehead atoms. The molecule has 0 saturated carbocycles. The lowest BCUT2D eigenvalue weighted by Gasteiger charge is -2.36. The third kappa shape index (κ3) is 2.55. The SMILES string of the molecule is CSc1c(N)nsc1N1CCN(c2ccccn2)CC1. The minimum atomic E-state index is 0.657. The molecule has 7 heteroatoms. The number of nitrogens with two attached hydrogens (primary N) is 1. The molecule has 0 amide bonds. The van der Waals surface area contributed by atoms with Crippen LogP contribution in [0.25, 0.3) is 0 Å². The molecule has 1 saturated heterocycles. The molecule has 0 radical (unpaired) electrons. The van der Waals surface area contributed by atoms with Crippen LogP contribution in [0, 0.1) is 0 Å². The third-order valence-electron chi connectivity index (χ3n) is 3.40. The van der Waals surface area contributed by atoms with Crippen molar-refractivity contribution < 1.29 is 0 Å². The van der Waals surface area contributed by atoms with E-state index >= 15 is 0 Å². The lowest BCUT2D eigenvalue weighted by molar-refractivity contribution is 0.648. The first kappa shape index (κ1) is 13.5. The van der Waals surface area contributed by atoms with Crippen LogP contribution < -0.4 is 15.5 Å². The van der Waals surface area contributed by atoms with Gasteiger partial charge >= 0.3 is 0 Å². The number of hydrogen-bond acceptors (Lipinski definition) is 7. The minimum absolute atomic E-state index is 0.657. The molecule has 0 atom stereocenters. The van der Waals surface area contributed by atoms with Crippen LogP contribution in [-0.4, -0.2) is 41.8 Å². The van der Waals surface area contributed by atoms with Gasteiger partial charge in [-0.25, -0.2) is 4.98 Å². The summed E-state index contributed by atoms with van der Waals surface area (Å²) in [4.78, 5) is 10.2. The lowest BCUT2D eigenvalue weighted by atomic mass is 10.3. The van der Waals surface area contributed by atoms with Gasteiger partial charge in [0.2, 0.25) is 0 Å². The van der Waals surface area contributed by atoms with Crippen molar-refractivity contribution in [3.63, 3.8) is 0 Å². The van der Waals surface area contributed by atoms with Crippen LogP contribution in [0.1, 0.15) is 0 Å². The number of pyridine rings is 1. The standard InChI is InChI=1S/C13H17N5S2/c1-19-11-12(14)16-20-13(11)18-8-6-17(7-9-18)10-4-2-3-5-15-10/h2-5H,6-9H2,1H3,(H2,14,16). The van der Waals surface area contributed by atoms with Gasteiger partial charge in [-0.2, -0.15) is 4.37 Å². The average Bonchev–Trinajstić information content (AvgIpc) is 2.89. The molecule has 1 fully saturated rings. The summed E-state index contributed by atoms with van der Waals surface area (Å²) < 4.78 is 4.27. The van der Waals surface area contributed by atoms with Gasteiger partial charge in [0.05, 0.1) is 4.90 Å². The summed E-state index contributed by atoms with van der Waals surface area (Å²) in [5.74, 6) is 1.71. The fraction of sp³-hybridized carbons (Fsp3) is 0.385. The minimum Gasteiger partial charge on any atom is -0.382 e. The van der Waals surface area contributed by atoms with Gasteiger partial charge in [-0.3, -0.25) is 0 Å². The van der Waals surface area contributed by atoms with Crippen molar-refractivity contribution >= 4 is 39.9 Å². The number of thioether (sulfide) groups is 1. The van der Waals surface area contributed by atoms with E-state index in [1.807, 2.05) is 24.6 Å². The van der Waals surface area contributed by atoms with Gasteiger partial charge in [0.1, 0.15) is 10.8 Å². The number of nitrogens with zero attached hydrogens (tertiary/aromatic N) is 4. The van der Waals surface area contributed by atoms with Crippen LogP contribution >= 0.6 is 23.3 Å². The van der Waals surface area contributed by atoms with Crippen LogP contribution in [-0.2, 0) is 0 Å². The quantitative estimate of drug-likeness (QED) is 0.877. The Morgan fingerprint density at radius 1 is 1.20 bits per heavy atom. The number of rotatable bonds is 3. The first-order chi connectivity index (χ1) is 9.79. The van der Waals surface area contributed by atoms with E-state index in [0.29, 0.717) is 5.82 Å². The van der Waals surface area contributed by atoms with Crippen molar-refractivity contribution in [3.8, 4) is 0 Å². The molecule has 3 rings (SSSR count). The molecule has 0 unspecified atom stereocenters. The third-order valence-corrected chi connectivity index (χ3v) is 5.26. The highest BCUT2D eigenvalue weighted by atomic mass is 32.2. The molecule has 5 nitrogen and oxygen atoms in total. The van der Waals surface area contributed by atoms with Crippen molar-refractivity contribution in [3.05, 3.63) is 24.4 Å². The van der Waals surface area contributed by atoms with Crippen LogP contribution in [0.15, 0.2) is 29.3 Å². The predicted octanol–water partition coefficient (Wildman–Crippen LogP) is 2.17. The normalized spacial score (nSPS) is 15.7. The summed E-state index contributed by atoms with van der Waals surface area (Å²) in [5.41, 5.74) is 5.91. The maximum atomic E-state index is 5.91. The molecule has 3 heterocycles. The highest BCUT2D eigenvalue weighted by molar-refractivity contribution is 7.99. The van der Waals surface area contributed by atoms with Crippen molar-refractivity contribution in [1.82, 2.24) is 9.36 Å². The van der Waals surface area contributed by atoms with Gasteiger partial charge < -0.3 is 15.5 Å². The van der Waals surface area contributed by atoms with E-state index in [1.165, 1.54) is 16.5 Å². The highest BCUT2D eigenvalue weighted by Crippen LogP contribution is 2.37. The first-order valence-corrected chi connectivity index (χ1v) is 8.49. The van der Waals surface area contributed by atoms with E-state index in [2.05, 4.69) is 25.2 Å². The second-order valence-corrected chi connectivity index (χ2v) is 6.14. The van der Waals surface area contributed by atoms with Crippen molar-refractivity contribution in [2.75, 3.05) is 48.0 Å². The molecule has 2 N–H and O–H groups in total. The Bertz CT molecular complexity index is 563. The van der Waals surface area contributed by atoms with E-state index in [-0.39, 0.29) is 0 Å². The average molecular weight is 307 g/mol. The highest BCUT2D eigenvalue weighted by Gasteiger charge is 2.22. The Balaban J connectivity index is 1.69. The van der Waals surface area contributed by atoms with Gasteiger partial charge in [0, 0.05) is 32.4 Å². The van der Waals surface area contributed by atoms with Crippen LogP contribution in [0.5, 0.6) is 0 Å². The molecule has 20 heavy (non-hydrogen) atoms. The van der Waals surface area contributed by atoms with E-state index in [4.69, 9.17) is 5.73 Å². The molecule has 1 aliphatic heterocycles. The Hall–Kier alpha value is -1.47. The Morgan fingerprint density at radius 3 is 2.60 bits per heavy atom. The second-order valence-electron chi connectivity index (χ2n) is 4.57. The maximum absolute atomic E-state index is 5.91. The van der Waals surface area contributed by atoms with E-state index < -0.39 is 0 Å². The topological polar surface area (TPSA) is 58.3 Å². The van der Waals surface area contributed by atoms with Crippen molar-refractivity contribution in [2.45, 2.75) is 4.90 Å². The van der Waals surface area contributed by atoms with Gasteiger partial charge in [-0.15, -0.1) is 11.8 Å². The zero-order valence-corrected chi connectivity index (χ0v) is 13.0. The van der Waals surface area contributed by atoms with E-state index in [0.717, 1.165) is 36.9 Å². The Kier molecular flexibility index (Phi) is 3.98. The summed E-state index contributed by atoms with van der Waals surface area (Å²) >= 11 is 3.18. The fourth-order valence-electron chi connectivity index (χ4n) is 2.36. The number of anilines is 3. The monoisotopic (exact) mass is 307 g/mol. The molecule has 2 aromatic rings. The largest absolute Gasteiger partial charge is 0.382 e. The molecular formula is C13H17N5S2. The number of piperazine rings is 1. The van der Waals surface area contributed by atoms with Gasteiger partial charge in [0.25, 0.3) is 0 Å². The van der Waals surface area contributed by atoms with Gasteiger partial charge in [0.15, 0.2) is 5.82 Å². The lowest BCUT2D eigenvalue weighted by Crippen LogP contribution is -2.46. The van der Waals surface area contributed by atoms with E-state index in [1.54, 1.807) is 11.8 Å².